The number of nitrogens with one attached hydrogen (secondary N) is 2. The van der Waals surface area contributed by atoms with Gasteiger partial charge >= 0.3 is 0 Å². The maximum atomic E-state index is 12.7. The van der Waals surface area contributed by atoms with Crippen molar-refractivity contribution < 1.29 is 9.59 Å². The van der Waals surface area contributed by atoms with Gasteiger partial charge in [0.25, 0.3) is 0 Å². The quantitative estimate of drug-likeness (QED) is 0.586. The van der Waals surface area contributed by atoms with Crippen molar-refractivity contribution in [3.05, 3.63) is 42.1 Å². The van der Waals surface area contributed by atoms with E-state index in [1.807, 2.05) is 22.4 Å². The second kappa shape index (κ2) is 7.40. The number of rotatable bonds is 7. The smallest absolute Gasteiger partial charge is 0.229 e. The Balaban J connectivity index is 1.44. The number of aromatic nitrogens is 4. The zero-order valence-electron chi connectivity index (χ0n) is 16.7. The molecule has 9 nitrogen and oxygen atoms in total. The molecule has 0 aromatic carbocycles. The van der Waals surface area contributed by atoms with E-state index in [0.717, 1.165) is 30.0 Å². The molecular formula is C21H23N7O2. The summed E-state index contributed by atoms with van der Waals surface area (Å²) in [5.41, 5.74) is 3.80. The lowest BCUT2D eigenvalue weighted by Gasteiger charge is -2.18. The Morgan fingerprint density at radius 3 is 2.73 bits per heavy atom. The molecule has 1 atom stereocenters. The van der Waals surface area contributed by atoms with Crippen LogP contribution in [0.25, 0.3) is 5.65 Å². The van der Waals surface area contributed by atoms with E-state index in [0.29, 0.717) is 30.5 Å². The summed E-state index contributed by atoms with van der Waals surface area (Å²) in [7, 11) is 0. The molecular weight excluding hydrogens is 382 g/mol. The minimum absolute atomic E-state index is 0.0534. The van der Waals surface area contributed by atoms with Crippen LogP contribution in [0.4, 0.5) is 17.3 Å². The molecule has 1 saturated carbocycles. The highest BCUT2D eigenvalue weighted by Crippen LogP contribution is 2.42. The SMILES string of the molecule is CC1CCN(c2cc(C3CC3)cn3cc(CNc4cc(NC=O)ncn4)nc23)C1=O. The number of fused-ring (bicyclic) bond motifs is 1. The molecule has 3 aromatic rings. The van der Waals surface area contributed by atoms with Crippen molar-refractivity contribution in [1.29, 1.82) is 0 Å². The van der Waals surface area contributed by atoms with Crippen molar-refractivity contribution >= 4 is 35.3 Å². The second-order valence-corrected chi connectivity index (χ2v) is 7.98. The highest BCUT2D eigenvalue weighted by Gasteiger charge is 2.32. The number of imidazole rings is 1. The van der Waals surface area contributed by atoms with Gasteiger partial charge in [-0.1, -0.05) is 6.92 Å². The van der Waals surface area contributed by atoms with Gasteiger partial charge in [0.1, 0.15) is 18.0 Å². The molecule has 30 heavy (non-hydrogen) atoms. The van der Waals surface area contributed by atoms with E-state index < -0.39 is 0 Å². The Bertz CT molecular complexity index is 1120. The lowest BCUT2D eigenvalue weighted by atomic mass is 10.1. The van der Waals surface area contributed by atoms with Gasteiger partial charge in [0, 0.05) is 30.9 Å². The molecule has 154 valence electrons. The Labute approximate surface area is 173 Å². The van der Waals surface area contributed by atoms with Gasteiger partial charge in [-0.15, -0.1) is 0 Å². The van der Waals surface area contributed by atoms with E-state index in [1.165, 1.54) is 24.7 Å². The molecule has 1 saturated heterocycles. The van der Waals surface area contributed by atoms with E-state index in [1.54, 1.807) is 6.07 Å². The second-order valence-electron chi connectivity index (χ2n) is 7.98. The Morgan fingerprint density at radius 1 is 1.17 bits per heavy atom. The van der Waals surface area contributed by atoms with Gasteiger partial charge in [-0.2, -0.15) is 0 Å². The molecule has 3 aromatic heterocycles. The topological polar surface area (TPSA) is 105 Å². The minimum Gasteiger partial charge on any atom is -0.364 e. The molecule has 0 spiro atoms. The van der Waals surface area contributed by atoms with Crippen molar-refractivity contribution in [1.82, 2.24) is 19.4 Å². The number of anilines is 3. The first kappa shape index (κ1) is 18.5. The third-order valence-corrected chi connectivity index (χ3v) is 5.74. The van der Waals surface area contributed by atoms with E-state index in [9.17, 15) is 9.59 Å². The van der Waals surface area contributed by atoms with Gasteiger partial charge in [0.2, 0.25) is 12.3 Å². The number of pyridine rings is 1. The van der Waals surface area contributed by atoms with Crippen LogP contribution in [0.3, 0.4) is 0 Å². The lowest BCUT2D eigenvalue weighted by molar-refractivity contribution is -0.119. The summed E-state index contributed by atoms with van der Waals surface area (Å²) in [5.74, 6) is 1.82. The van der Waals surface area contributed by atoms with Crippen LogP contribution in [-0.2, 0) is 16.1 Å². The number of hydrogen-bond donors (Lipinski definition) is 2. The van der Waals surface area contributed by atoms with Gasteiger partial charge < -0.3 is 19.9 Å². The van der Waals surface area contributed by atoms with Gasteiger partial charge in [0.15, 0.2) is 5.65 Å². The van der Waals surface area contributed by atoms with Crippen LogP contribution in [0.5, 0.6) is 0 Å². The molecule has 1 aliphatic carbocycles. The van der Waals surface area contributed by atoms with Gasteiger partial charge in [-0.3, -0.25) is 9.59 Å². The van der Waals surface area contributed by atoms with Crippen LogP contribution in [0.1, 0.15) is 43.4 Å². The molecule has 0 bridgehead atoms. The first-order valence-corrected chi connectivity index (χ1v) is 10.2. The van der Waals surface area contributed by atoms with Crippen LogP contribution in [0.15, 0.2) is 30.9 Å². The Kier molecular flexibility index (Phi) is 4.57. The Morgan fingerprint density at radius 2 is 2.00 bits per heavy atom. The zero-order chi connectivity index (χ0) is 20.7. The minimum atomic E-state index is 0.0534. The molecule has 2 amide bonds. The first-order chi connectivity index (χ1) is 14.6. The fourth-order valence-corrected chi connectivity index (χ4v) is 3.91. The molecule has 1 aliphatic heterocycles. The maximum Gasteiger partial charge on any atom is 0.229 e. The Hall–Kier alpha value is -3.49. The summed E-state index contributed by atoms with van der Waals surface area (Å²) in [4.78, 5) is 38.1. The van der Waals surface area contributed by atoms with Crippen LogP contribution in [0, 0.1) is 5.92 Å². The average molecular weight is 405 g/mol. The molecule has 9 heteroatoms. The van der Waals surface area contributed by atoms with Crippen LogP contribution in [0.2, 0.25) is 0 Å². The van der Waals surface area contributed by atoms with E-state index >= 15 is 0 Å². The molecule has 2 N–H and O–H groups in total. The lowest BCUT2D eigenvalue weighted by Crippen LogP contribution is -2.27. The van der Waals surface area contributed by atoms with Crippen LogP contribution < -0.4 is 15.5 Å². The van der Waals surface area contributed by atoms with Gasteiger partial charge in [-0.05, 0) is 36.8 Å². The zero-order valence-corrected chi connectivity index (χ0v) is 16.7. The van der Waals surface area contributed by atoms with Crippen LogP contribution in [-0.4, -0.2) is 38.2 Å². The normalized spacial score (nSPS) is 18.8. The van der Waals surface area contributed by atoms with Crippen LogP contribution >= 0.6 is 0 Å². The highest BCUT2D eigenvalue weighted by molar-refractivity contribution is 6.00. The van der Waals surface area contributed by atoms with E-state index in [4.69, 9.17) is 4.98 Å². The number of amides is 2. The number of nitrogens with zero attached hydrogens (tertiary/aromatic N) is 5. The summed E-state index contributed by atoms with van der Waals surface area (Å²) in [6.07, 6.45) is 9.36. The summed E-state index contributed by atoms with van der Waals surface area (Å²) >= 11 is 0. The molecule has 2 aliphatic rings. The fourth-order valence-electron chi connectivity index (χ4n) is 3.91. The van der Waals surface area contributed by atoms with Crippen molar-refractivity contribution in [3.63, 3.8) is 0 Å². The summed E-state index contributed by atoms with van der Waals surface area (Å²) < 4.78 is 2.04. The first-order valence-electron chi connectivity index (χ1n) is 10.2. The average Bonchev–Trinajstić information content (AvgIpc) is 3.43. The van der Waals surface area contributed by atoms with Crippen molar-refractivity contribution in [2.24, 2.45) is 5.92 Å². The van der Waals surface area contributed by atoms with Crippen molar-refractivity contribution in [2.45, 2.75) is 38.6 Å². The number of carbonyl (C=O) groups excluding carboxylic acids is 2. The summed E-state index contributed by atoms with van der Waals surface area (Å²) in [6, 6.07) is 3.81. The van der Waals surface area contributed by atoms with Gasteiger partial charge in [0.05, 0.1) is 17.9 Å². The third-order valence-electron chi connectivity index (χ3n) is 5.74. The van der Waals surface area contributed by atoms with E-state index in [2.05, 4.69) is 32.9 Å². The number of carbonyl (C=O) groups is 2. The summed E-state index contributed by atoms with van der Waals surface area (Å²) in [6.45, 7) is 3.18. The molecule has 5 rings (SSSR count). The fraction of sp³-hybridized carbons (Fsp3) is 0.381. The molecule has 2 fully saturated rings. The molecule has 1 unspecified atom stereocenters. The maximum absolute atomic E-state index is 12.7. The predicted molar refractivity (Wildman–Crippen MR) is 112 cm³/mol. The molecule has 0 radical (unpaired) electrons. The molecule has 4 heterocycles. The highest BCUT2D eigenvalue weighted by atomic mass is 16.2. The predicted octanol–water partition coefficient (Wildman–Crippen LogP) is 2.55. The largest absolute Gasteiger partial charge is 0.364 e. The number of hydrogen-bond acceptors (Lipinski definition) is 6. The van der Waals surface area contributed by atoms with E-state index in [-0.39, 0.29) is 11.8 Å². The van der Waals surface area contributed by atoms with Gasteiger partial charge in [-0.25, -0.2) is 15.0 Å². The van der Waals surface area contributed by atoms with Crippen molar-refractivity contribution in [2.75, 3.05) is 22.1 Å². The third kappa shape index (κ3) is 3.47. The summed E-state index contributed by atoms with van der Waals surface area (Å²) in [5, 5.41) is 5.72. The monoisotopic (exact) mass is 405 g/mol. The standard InChI is InChI=1S/C21H23N7O2/c1-13-4-5-28(21(13)30)17-6-15(14-2-3-14)9-27-10-16(26-20(17)27)8-22-18-7-19(25-12-29)24-11-23-18/h6-7,9-14H,2-5,8H2,1H3,(H2,22,23,24,25,29). The van der Waals surface area contributed by atoms with Crippen molar-refractivity contribution in [3.8, 4) is 0 Å².